The molecule has 2 aromatic carbocycles. The number of halogens is 3. The van der Waals surface area contributed by atoms with Gasteiger partial charge >= 0.3 is 0 Å². The molecule has 0 saturated carbocycles. The van der Waals surface area contributed by atoms with Crippen molar-refractivity contribution < 1.29 is 17.7 Å². The number of nitro groups is 1. The number of nitrogens with zero attached hydrogens (tertiary/aromatic N) is 4. The lowest BCUT2D eigenvalue weighted by atomic mass is 10.1. The Labute approximate surface area is 203 Å². The van der Waals surface area contributed by atoms with E-state index >= 15 is 0 Å². The molecule has 0 unspecified atom stereocenters. The first-order chi connectivity index (χ1) is 15.6. The Kier molecular flexibility index (Phi) is 6.87. The number of nitro benzene ring substituents is 1. The minimum absolute atomic E-state index is 0.0614. The van der Waals surface area contributed by atoms with E-state index in [1.165, 1.54) is 33.8 Å². The van der Waals surface area contributed by atoms with Crippen LogP contribution in [0, 0.1) is 15.9 Å². The molecule has 0 radical (unpaired) electrons. The second-order valence-electron chi connectivity index (χ2n) is 7.31. The van der Waals surface area contributed by atoms with Gasteiger partial charge in [-0.2, -0.15) is 4.31 Å². The lowest BCUT2D eigenvalue weighted by molar-refractivity contribution is -0.384. The van der Waals surface area contributed by atoms with Crippen molar-refractivity contribution in [3.63, 3.8) is 0 Å². The fourth-order valence-corrected chi connectivity index (χ4v) is 6.15. The maximum Gasteiger partial charge on any atom is 0.289 e. The van der Waals surface area contributed by atoms with Crippen LogP contribution >= 0.6 is 34.5 Å². The number of hydrogen-bond donors (Lipinski definition) is 0. The van der Waals surface area contributed by atoms with Gasteiger partial charge in [-0.3, -0.25) is 10.1 Å². The molecule has 1 aromatic heterocycles. The van der Waals surface area contributed by atoms with Crippen molar-refractivity contribution in [2.75, 3.05) is 31.1 Å². The monoisotopic (exact) mass is 530 g/mol. The Bertz CT molecular complexity index is 1310. The van der Waals surface area contributed by atoms with E-state index in [1.54, 1.807) is 12.1 Å². The van der Waals surface area contributed by atoms with Gasteiger partial charge in [-0.05, 0) is 29.8 Å². The molecule has 0 aliphatic carbocycles. The highest BCUT2D eigenvalue weighted by atomic mass is 35.5. The third-order valence-corrected chi connectivity index (χ3v) is 8.62. The number of rotatable bonds is 6. The van der Waals surface area contributed by atoms with Gasteiger partial charge in [0.1, 0.15) is 10.8 Å². The van der Waals surface area contributed by atoms with Gasteiger partial charge in [0.15, 0.2) is 5.13 Å². The van der Waals surface area contributed by atoms with Crippen molar-refractivity contribution in [1.29, 1.82) is 0 Å². The van der Waals surface area contributed by atoms with Crippen molar-refractivity contribution in [3.05, 3.63) is 79.0 Å². The van der Waals surface area contributed by atoms with Crippen LogP contribution in [-0.4, -0.2) is 48.8 Å². The highest BCUT2D eigenvalue weighted by molar-refractivity contribution is 7.89. The summed E-state index contributed by atoms with van der Waals surface area (Å²) in [6, 6.07) is 8.02. The van der Waals surface area contributed by atoms with Crippen molar-refractivity contribution in [3.8, 4) is 0 Å². The summed E-state index contributed by atoms with van der Waals surface area (Å²) in [4.78, 5) is 16.8. The van der Waals surface area contributed by atoms with Crippen molar-refractivity contribution >= 4 is 55.4 Å². The van der Waals surface area contributed by atoms with E-state index < -0.39 is 26.5 Å². The molecule has 0 spiro atoms. The smallest absolute Gasteiger partial charge is 0.289 e. The molecule has 2 heterocycles. The number of piperazine rings is 1. The van der Waals surface area contributed by atoms with Gasteiger partial charge in [-0.15, -0.1) is 11.3 Å². The molecule has 0 N–H and O–H groups in total. The van der Waals surface area contributed by atoms with Gasteiger partial charge in [0, 0.05) is 44.0 Å². The summed E-state index contributed by atoms with van der Waals surface area (Å²) in [7, 11) is -3.90. The van der Waals surface area contributed by atoms with Gasteiger partial charge in [-0.1, -0.05) is 29.3 Å². The molecule has 1 aliphatic heterocycles. The van der Waals surface area contributed by atoms with Crippen LogP contribution in [0.4, 0.5) is 15.2 Å². The van der Waals surface area contributed by atoms with E-state index in [2.05, 4.69) is 4.98 Å². The number of benzene rings is 2. The van der Waals surface area contributed by atoms with Crippen LogP contribution in [-0.2, 0) is 16.4 Å². The average Bonchev–Trinajstić information content (AvgIpc) is 3.25. The van der Waals surface area contributed by atoms with E-state index in [4.69, 9.17) is 23.2 Å². The minimum Gasteiger partial charge on any atom is -0.345 e. The topological polar surface area (TPSA) is 96.6 Å². The van der Waals surface area contributed by atoms with Crippen LogP contribution < -0.4 is 4.90 Å². The van der Waals surface area contributed by atoms with Crippen LogP contribution in [0.2, 0.25) is 10.0 Å². The van der Waals surface area contributed by atoms with Gasteiger partial charge < -0.3 is 4.90 Å². The summed E-state index contributed by atoms with van der Waals surface area (Å²) >= 11 is 13.1. The summed E-state index contributed by atoms with van der Waals surface area (Å²) in [6.45, 7) is 1.26. The van der Waals surface area contributed by atoms with E-state index in [9.17, 15) is 22.9 Å². The molecule has 33 heavy (non-hydrogen) atoms. The largest absolute Gasteiger partial charge is 0.345 e. The zero-order valence-electron chi connectivity index (χ0n) is 16.9. The standard InChI is InChI=1S/C20H17Cl2FN4O4S2/c21-16-3-2-15(11-19(16)27(28)29)33(30,31)26-7-5-25(6-8-26)20-24-14(12-32-20)9-13-1-4-18(23)17(22)10-13/h1-4,10-12H,5-9H2. The summed E-state index contributed by atoms with van der Waals surface area (Å²) in [5, 5.41) is 13.7. The van der Waals surface area contributed by atoms with E-state index in [0.29, 0.717) is 19.5 Å². The van der Waals surface area contributed by atoms with E-state index in [0.717, 1.165) is 22.5 Å². The Balaban J connectivity index is 1.42. The van der Waals surface area contributed by atoms with E-state index in [1.807, 2.05) is 10.3 Å². The molecule has 0 amide bonds. The molecule has 174 valence electrons. The minimum atomic E-state index is -3.90. The summed E-state index contributed by atoms with van der Waals surface area (Å²) in [5.74, 6) is -0.472. The maximum atomic E-state index is 13.3. The van der Waals surface area contributed by atoms with Gasteiger partial charge in [-0.25, -0.2) is 17.8 Å². The molecule has 13 heteroatoms. The molecule has 1 fully saturated rings. The highest BCUT2D eigenvalue weighted by Gasteiger charge is 2.31. The zero-order valence-corrected chi connectivity index (χ0v) is 20.1. The Morgan fingerprint density at radius 2 is 1.82 bits per heavy atom. The van der Waals surface area contributed by atoms with Gasteiger partial charge in [0.2, 0.25) is 10.0 Å². The fraction of sp³-hybridized carbons (Fsp3) is 0.250. The Morgan fingerprint density at radius 1 is 1.09 bits per heavy atom. The van der Waals surface area contributed by atoms with Gasteiger partial charge in [0.05, 0.1) is 20.5 Å². The van der Waals surface area contributed by atoms with Crippen molar-refractivity contribution in [2.24, 2.45) is 0 Å². The number of anilines is 1. The molecular weight excluding hydrogens is 514 g/mol. The van der Waals surface area contributed by atoms with Crippen molar-refractivity contribution in [2.45, 2.75) is 11.3 Å². The number of thiazole rings is 1. The van der Waals surface area contributed by atoms with Crippen LogP contribution in [0.3, 0.4) is 0 Å². The molecule has 1 saturated heterocycles. The first kappa shape index (κ1) is 23.8. The van der Waals surface area contributed by atoms with Crippen molar-refractivity contribution in [1.82, 2.24) is 9.29 Å². The number of hydrogen-bond acceptors (Lipinski definition) is 7. The summed E-state index contributed by atoms with van der Waals surface area (Å²) < 4.78 is 40.6. The molecule has 0 atom stereocenters. The predicted octanol–water partition coefficient (Wildman–Crippen LogP) is 4.60. The second-order valence-corrected chi connectivity index (χ2v) is 10.9. The second kappa shape index (κ2) is 9.51. The first-order valence-electron chi connectivity index (χ1n) is 9.72. The van der Waals surface area contributed by atoms with Crippen LogP contribution in [0.25, 0.3) is 0 Å². The summed E-state index contributed by atoms with van der Waals surface area (Å²) in [5.41, 5.74) is 1.20. The Hall–Kier alpha value is -2.31. The first-order valence-corrected chi connectivity index (χ1v) is 12.8. The number of sulfonamides is 1. The third kappa shape index (κ3) is 5.12. The van der Waals surface area contributed by atoms with Gasteiger partial charge in [0.25, 0.3) is 5.69 Å². The van der Waals surface area contributed by atoms with E-state index in [-0.39, 0.29) is 28.0 Å². The molecule has 4 rings (SSSR count). The molecule has 1 aliphatic rings. The summed E-state index contributed by atoms with van der Waals surface area (Å²) in [6.07, 6.45) is 0.500. The third-order valence-electron chi connectivity index (χ3n) is 5.17. The molecule has 8 nitrogen and oxygen atoms in total. The zero-order chi connectivity index (χ0) is 23.8. The molecule has 0 bridgehead atoms. The van der Waals surface area contributed by atoms with Crippen LogP contribution in [0.15, 0.2) is 46.7 Å². The lowest BCUT2D eigenvalue weighted by Crippen LogP contribution is -2.48. The Morgan fingerprint density at radius 3 is 2.48 bits per heavy atom. The molecule has 3 aromatic rings. The van der Waals surface area contributed by atoms with Crippen LogP contribution in [0.5, 0.6) is 0 Å². The SMILES string of the molecule is O=[N+]([O-])c1cc(S(=O)(=O)N2CCN(c3nc(Cc4ccc(F)c(Cl)c4)cs3)CC2)ccc1Cl. The highest BCUT2D eigenvalue weighted by Crippen LogP contribution is 2.30. The molecular formula is C20H17Cl2FN4O4S2. The number of aromatic nitrogens is 1. The normalized spacial score (nSPS) is 15.1. The predicted molar refractivity (Wildman–Crippen MR) is 125 cm³/mol. The van der Waals surface area contributed by atoms with Crippen LogP contribution in [0.1, 0.15) is 11.3 Å². The lowest BCUT2D eigenvalue weighted by Gasteiger charge is -2.33. The average molecular weight is 531 g/mol. The maximum absolute atomic E-state index is 13.3. The quantitative estimate of drug-likeness (QED) is 0.341. The fourth-order valence-electron chi connectivity index (χ4n) is 3.44.